The normalized spacial score (nSPS) is 20.5. The Bertz CT molecular complexity index is 614. The molecule has 3 N–H and O–H groups in total. The van der Waals surface area contributed by atoms with E-state index in [1.807, 2.05) is 18.2 Å². The first kappa shape index (κ1) is 14.3. The van der Waals surface area contributed by atoms with Crippen molar-refractivity contribution < 1.29 is 5.11 Å². The fourth-order valence-corrected chi connectivity index (χ4v) is 3.17. The van der Waals surface area contributed by atoms with Crippen molar-refractivity contribution in [2.45, 2.75) is 38.3 Å². The molecule has 1 fully saturated rings. The largest absolute Gasteiger partial charge is 0.395 e. The van der Waals surface area contributed by atoms with E-state index < -0.39 is 0 Å². The fourth-order valence-electron chi connectivity index (χ4n) is 3.17. The zero-order chi connectivity index (χ0) is 14.7. The molecule has 0 aliphatic carbocycles. The van der Waals surface area contributed by atoms with Crippen LogP contribution in [0.4, 0.5) is 5.82 Å². The van der Waals surface area contributed by atoms with Crippen molar-refractivity contribution >= 4 is 16.7 Å². The average Bonchev–Trinajstić information content (AvgIpc) is 2.73. The molecule has 21 heavy (non-hydrogen) atoms. The van der Waals surface area contributed by atoms with E-state index in [0.29, 0.717) is 5.82 Å². The number of aliphatic hydroxyl groups is 1. The minimum absolute atomic E-state index is 0.223. The molecule has 1 atom stereocenters. The second-order valence-corrected chi connectivity index (χ2v) is 5.88. The number of nitrogen functional groups attached to an aromatic ring is 1. The van der Waals surface area contributed by atoms with Crippen LogP contribution in [-0.2, 0) is 6.54 Å². The summed E-state index contributed by atoms with van der Waals surface area (Å²) in [5.74, 6) is 0.606. The number of nitrogens with two attached hydrogens (primary N) is 1. The summed E-state index contributed by atoms with van der Waals surface area (Å²) in [4.78, 5) is 6.86. The van der Waals surface area contributed by atoms with Crippen LogP contribution < -0.4 is 5.73 Å². The predicted octanol–water partition coefficient (Wildman–Crippen LogP) is 2.55. The van der Waals surface area contributed by atoms with Gasteiger partial charge in [-0.2, -0.15) is 0 Å². The van der Waals surface area contributed by atoms with Gasteiger partial charge in [-0.15, -0.1) is 0 Å². The molecule has 3 rings (SSSR count). The Balaban J connectivity index is 1.87. The van der Waals surface area contributed by atoms with Crippen molar-refractivity contribution in [3.8, 4) is 0 Å². The van der Waals surface area contributed by atoms with Gasteiger partial charge in [0, 0.05) is 23.5 Å². The highest BCUT2D eigenvalue weighted by Crippen LogP contribution is 2.23. The standard InChI is InChI=1S/C17H23N3O/c18-17-14(10-13-6-3-4-8-16(13)19-17)11-20-9-5-1-2-7-15(20)12-21/h3-4,6,8,10,15,21H,1-2,5,7,9,11-12H2,(H2,18,19). The lowest BCUT2D eigenvalue weighted by Gasteiger charge is -2.28. The third-order valence-corrected chi connectivity index (χ3v) is 4.42. The van der Waals surface area contributed by atoms with Gasteiger partial charge in [0.25, 0.3) is 0 Å². The van der Waals surface area contributed by atoms with E-state index in [1.165, 1.54) is 19.3 Å². The Hall–Kier alpha value is -1.65. The lowest BCUT2D eigenvalue weighted by atomic mass is 10.1. The van der Waals surface area contributed by atoms with Gasteiger partial charge in [0.05, 0.1) is 12.1 Å². The smallest absolute Gasteiger partial charge is 0.128 e. The first-order valence-electron chi connectivity index (χ1n) is 7.77. The van der Waals surface area contributed by atoms with Crippen molar-refractivity contribution in [3.05, 3.63) is 35.9 Å². The molecular formula is C17H23N3O. The molecule has 1 aliphatic rings. The Morgan fingerprint density at radius 2 is 2.10 bits per heavy atom. The van der Waals surface area contributed by atoms with Gasteiger partial charge >= 0.3 is 0 Å². The van der Waals surface area contributed by atoms with Crippen molar-refractivity contribution in [1.29, 1.82) is 0 Å². The Morgan fingerprint density at radius 3 is 2.95 bits per heavy atom. The number of anilines is 1. The summed E-state index contributed by atoms with van der Waals surface area (Å²) < 4.78 is 0. The highest BCUT2D eigenvalue weighted by molar-refractivity contribution is 5.81. The molecule has 4 heteroatoms. The lowest BCUT2D eigenvalue weighted by molar-refractivity contribution is 0.118. The maximum Gasteiger partial charge on any atom is 0.128 e. The third kappa shape index (κ3) is 3.17. The van der Waals surface area contributed by atoms with Gasteiger partial charge in [-0.25, -0.2) is 4.98 Å². The number of fused-ring (bicyclic) bond motifs is 1. The van der Waals surface area contributed by atoms with Crippen molar-refractivity contribution in [2.24, 2.45) is 0 Å². The molecule has 1 aliphatic heterocycles. The van der Waals surface area contributed by atoms with Crippen molar-refractivity contribution in [2.75, 3.05) is 18.9 Å². The highest BCUT2D eigenvalue weighted by atomic mass is 16.3. The number of aromatic nitrogens is 1. The van der Waals surface area contributed by atoms with Crippen LogP contribution in [0.15, 0.2) is 30.3 Å². The molecule has 0 radical (unpaired) electrons. The second kappa shape index (κ2) is 6.41. The van der Waals surface area contributed by atoms with E-state index in [4.69, 9.17) is 5.73 Å². The molecule has 112 valence electrons. The summed E-state index contributed by atoms with van der Waals surface area (Å²) in [6.07, 6.45) is 4.71. The summed E-state index contributed by atoms with van der Waals surface area (Å²) in [5.41, 5.74) is 8.13. The van der Waals surface area contributed by atoms with E-state index in [0.717, 1.165) is 36.0 Å². The second-order valence-electron chi connectivity index (χ2n) is 5.88. The van der Waals surface area contributed by atoms with Gasteiger partial charge in [0.15, 0.2) is 0 Å². The van der Waals surface area contributed by atoms with Crippen LogP contribution in [0, 0.1) is 0 Å². The molecule has 4 nitrogen and oxygen atoms in total. The number of rotatable bonds is 3. The van der Waals surface area contributed by atoms with Crippen LogP contribution in [0.5, 0.6) is 0 Å². The zero-order valence-corrected chi connectivity index (χ0v) is 12.3. The van der Waals surface area contributed by atoms with Gasteiger partial charge < -0.3 is 10.8 Å². The monoisotopic (exact) mass is 285 g/mol. The molecule has 1 saturated heterocycles. The molecule has 0 bridgehead atoms. The van der Waals surface area contributed by atoms with Crippen LogP contribution >= 0.6 is 0 Å². The minimum atomic E-state index is 0.223. The van der Waals surface area contributed by atoms with E-state index >= 15 is 0 Å². The number of hydrogen-bond acceptors (Lipinski definition) is 4. The van der Waals surface area contributed by atoms with Gasteiger partial charge in [0.2, 0.25) is 0 Å². The number of hydrogen-bond donors (Lipinski definition) is 2. The first-order chi connectivity index (χ1) is 10.3. The van der Waals surface area contributed by atoms with E-state index in [9.17, 15) is 5.11 Å². The summed E-state index contributed by atoms with van der Waals surface area (Å²) in [5, 5.41) is 10.7. The SMILES string of the molecule is Nc1nc2ccccc2cc1CN1CCCCCC1CO. The minimum Gasteiger partial charge on any atom is -0.395 e. The Labute approximate surface area is 125 Å². The molecule has 0 saturated carbocycles. The molecule has 1 unspecified atom stereocenters. The predicted molar refractivity (Wildman–Crippen MR) is 85.9 cm³/mol. The van der Waals surface area contributed by atoms with Crippen LogP contribution in [0.25, 0.3) is 10.9 Å². The number of pyridine rings is 1. The molecule has 1 aromatic heterocycles. The summed E-state index contributed by atoms with van der Waals surface area (Å²) in [6, 6.07) is 10.4. The van der Waals surface area contributed by atoms with Crippen LogP contribution in [0.1, 0.15) is 31.2 Å². The molecular weight excluding hydrogens is 262 g/mol. The molecule has 2 heterocycles. The summed E-state index contributed by atoms with van der Waals surface area (Å²) in [7, 11) is 0. The Morgan fingerprint density at radius 1 is 1.24 bits per heavy atom. The van der Waals surface area contributed by atoms with Crippen LogP contribution in [0.3, 0.4) is 0 Å². The number of aliphatic hydroxyl groups excluding tert-OH is 1. The molecule has 0 amide bonds. The van der Waals surface area contributed by atoms with E-state index in [2.05, 4.69) is 22.0 Å². The van der Waals surface area contributed by atoms with Crippen molar-refractivity contribution in [1.82, 2.24) is 9.88 Å². The topological polar surface area (TPSA) is 62.4 Å². The quantitative estimate of drug-likeness (QED) is 0.910. The average molecular weight is 285 g/mol. The zero-order valence-electron chi connectivity index (χ0n) is 12.3. The first-order valence-corrected chi connectivity index (χ1v) is 7.77. The van der Waals surface area contributed by atoms with E-state index in [-0.39, 0.29) is 12.6 Å². The van der Waals surface area contributed by atoms with E-state index in [1.54, 1.807) is 0 Å². The summed E-state index contributed by atoms with van der Waals surface area (Å²) >= 11 is 0. The maximum atomic E-state index is 9.62. The number of nitrogens with zero attached hydrogens (tertiary/aromatic N) is 2. The molecule has 0 spiro atoms. The Kier molecular flexibility index (Phi) is 4.36. The maximum absolute atomic E-state index is 9.62. The fraction of sp³-hybridized carbons (Fsp3) is 0.471. The van der Waals surface area contributed by atoms with Gasteiger partial charge in [-0.1, -0.05) is 31.0 Å². The van der Waals surface area contributed by atoms with Gasteiger partial charge in [0.1, 0.15) is 5.82 Å². The third-order valence-electron chi connectivity index (χ3n) is 4.42. The lowest BCUT2D eigenvalue weighted by Crippen LogP contribution is -2.37. The van der Waals surface area contributed by atoms with Crippen LogP contribution in [-0.4, -0.2) is 34.2 Å². The van der Waals surface area contributed by atoms with Crippen molar-refractivity contribution in [3.63, 3.8) is 0 Å². The van der Waals surface area contributed by atoms with Gasteiger partial charge in [-0.05, 0) is 31.5 Å². The number of benzene rings is 1. The molecule has 2 aromatic rings. The highest BCUT2D eigenvalue weighted by Gasteiger charge is 2.21. The van der Waals surface area contributed by atoms with Gasteiger partial charge in [-0.3, -0.25) is 4.90 Å². The summed E-state index contributed by atoms with van der Waals surface area (Å²) in [6.45, 7) is 2.02. The number of likely N-dealkylation sites (tertiary alicyclic amines) is 1. The number of para-hydroxylation sites is 1. The van der Waals surface area contributed by atoms with Crippen LogP contribution in [0.2, 0.25) is 0 Å². The molecule has 1 aromatic carbocycles.